The highest BCUT2D eigenvalue weighted by atomic mass is 32.2. The first-order valence-corrected chi connectivity index (χ1v) is 13.7. The predicted octanol–water partition coefficient (Wildman–Crippen LogP) is 4.35. The molecule has 0 aromatic heterocycles. The summed E-state index contributed by atoms with van der Waals surface area (Å²) in [6.45, 7) is 2.43. The summed E-state index contributed by atoms with van der Waals surface area (Å²) >= 11 is 0. The van der Waals surface area contributed by atoms with E-state index in [4.69, 9.17) is 4.74 Å². The highest BCUT2D eigenvalue weighted by molar-refractivity contribution is 7.89. The van der Waals surface area contributed by atoms with E-state index in [2.05, 4.69) is 12.1 Å². The average Bonchev–Trinajstić information content (AvgIpc) is 2.90. The Morgan fingerprint density at radius 3 is 2.34 bits per heavy atom. The van der Waals surface area contributed by atoms with E-state index in [1.54, 1.807) is 19.2 Å². The van der Waals surface area contributed by atoms with Crippen molar-refractivity contribution in [1.29, 1.82) is 0 Å². The van der Waals surface area contributed by atoms with Crippen molar-refractivity contribution in [2.24, 2.45) is 5.92 Å². The quantitative estimate of drug-likeness (QED) is 0.420. The molecule has 7 heteroatoms. The lowest BCUT2D eigenvalue weighted by Crippen LogP contribution is -2.45. The van der Waals surface area contributed by atoms with Crippen LogP contribution < -0.4 is 0 Å². The molecule has 1 fully saturated rings. The topological polar surface area (TPSA) is 66.9 Å². The smallest absolute Gasteiger partial charge is 0.243 e. The molecule has 3 aromatic rings. The highest BCUT2D eigenvalue weighted by Crippen LogP contribution is 2.27. The number of amides is 1. The van der Waals surface area contributed by atoms with Crippen LogP contribution in [0.15, 0.2) is 77.7 Å². The van der Waals surface area contributed by atoms with E-state index in [-0.39, 0.29) is 11.8 Å². The van der Waals surface area contributed by atoms with Crippen LogP contribution in [0.4, 0.5) is 0 Å². The van der Waals surface area contributed by atoms with Crippen LogP contribution in [0.3, 0.4) is 0 Å². The van der Waals surface area contributed by atoms with Gasteiger partial charge in [0.25, 0.3) is 0 Å². The number of aryl methyl sites for hydroxylation is 1. The molecule has 0 N–H and O–H groups in total. The summed E-state index contributed by atoms with van der Waals surface area (Å²) in [6.07, 6.45) is 2.87. The summed E-state index contributed by atoms with van der Waals surface area (Å²) in [4.78, 5) is 15.5. The molecule has 6 nitrogen and oxygen atoms in total. The minimum Gasteiger partial charge on any atom is -0.383 e. The standard InChI is InChI=1S/C28H34N2O4S/c1-34-21-20-29(17-7-10-23-8-3-2-4-9-23)28(31)25-15-18-30(19-16-25)35(32,33)27-14-13-24-11-5-6-12-26(24)22-27/h2-6,8-9,11-14,22,25H,7,10,15-21H2,1H3. The van der Waals surface area contributed by atoms with Crippen LogP contribution in [0.5, 0.6) is 0 Å². The third-order valence-corrected chi connectivity index (χ3v) is 8.67. The number of nitrogens with zero attached hydrogens (tertiary/aromatic N) is 2. The molecule has 35 heavy (non-hydrogen) atoms. The molecule has 0 atom stereocenters. The lowest BCUT2D eigenvalue weighted by atomic mass is 9.96. The third kappa shape index (κ3) is 6.28. The fourth-order valence-electron chi connectivity index (χ4n) is 4.73. The molecule has 0 spiro atoms. The van der Waals surface area contributed by atoms with Crippen molar-refractivity contribution in [2.75, 3.05) is 39.9 Å². The molecule has 1 saturated heterocycles. The van der Waals surface area contributed by atoms with Gasteiger partial charge in [0.2, 0.25) is 15.9 Å². The van der Waals surface area contributed by atoms with Gasteiger partial charge in [-0.3, -0.25) is 4.79 Å². The van der Waals surface area contributed by atoms with Gasteiger partial charge in [-0.25, -0.2) is 8.42 Å². The Labute approximate surface area is 208 Å². The number of methoxy groups -OCH3 is 1. The average molecular weight is 495 g/mol. The number of fused-ring (bicyclic) bond motifs is 1. The highest BCUT2D eigenvalue weighted by Gasteiger charge is 2.33. The molecule has 0 aliphatic carbocycles. The summed E-state index contributed by atoms with van der Waals surface area (Å²) in [6, 6.07) is 23.3. The molecule has 1 aliphatic heterocycles. The van der Waals surface area contributed by atoms with Gasteiger partial charge in [0.05, 0.1) is 11.5 Å². The Morgan fingerprint density at radius 2 is 1.63 bits per heavy atom. The number of sulfonamides is 1. The van der Waals surface area contributed by atoms with Gasteiger partial charge in [0.1, 0.15) is 0 Å². The fraction of sp³-hybridized carbons (Fsp3) is 0.393. The number of hydrogen-bond donors (Lipinski definition) is 0. The van der Waals surface area contributed by atoms with Crippen LogP contribution in [0.2, 0.25) is 0 Å². The SMILES string of the molecule is COCCN(CCCc1ccccc1)C(=O)C1CCN(S(=O)(=O)c2ccc3ccccc3c2)CC1. The monoisotopic (exact) mass is 494 g/mol. The molecular weight excluding hydrogens is 460 g/mol. The summed E-state index contributed by atoms with van der Waals surface area (Å²) in [7, 11) is -1.95. The molecule has 0 unspecified atom stereocenters. The van der Waals surface area contributed by atoms with Gasteiger partial charge in [0.15, 0.2) is 0 Å². The Bertz CT molecular complexity index is 1220. The van der Waals surface area contributed by atoms with E-state index in [1.165, 1.54) is 9.87 Å². The normalized spacial score (nSPS) is 15.3. The van der Waals surface area contributed by atoms with Gasteiger partial charge in [-0.15, -0.1) is 0 Å². The van der Waals surface area contributed by atoms with Gasteiger partial charge < -0.3 is 9.64 Å². The van der Waals surface area contributed by atoms with Crippen molar-refractivity contribution in [3.63, 3.8) is 0 Å². The maximum atomic E-state index is 13.3. The Hall–Kier alpha value is -2.74. The second-order valence-electron chi connectivity index (χ2n) is 9.09. The lowest BCUT2D eigenvalue weighted by molar-refractivity contribution is -0.137. The van der Waals surface area contributed by atoms with E-state index in [1.807, 2.05) is 53.4 Å². The number of ether oxygens (including phenoxy) is 1. The molecule has 1 heterocycles. The summed E-state index contributed by atoms with van der Waals surface area (Å²) in [5, 5.41) is 1.92. The fourth-order valence-corrected chi connectivity index (χ4v) is 6.24. The summed E-state index contributed by atoms with van der Waals surface area (Å²) in [5.74, 6) is -0.0514. The van der Waals surface area contributed by atoms with E-state index < -0.39 is 10.0 Å². The van der Waals surface area contributed by atoms with E-state index in [9.17, 15) is 13.2 Å². The molecular formula is C28H34N2O4S. The van der Waals surface area contributed by atoms with Crippen molar-refractivity contribution in [3.05, 3.63) is 78.4 Å². The van der Waals surface area contributed by atoms with Gasteiger partial charge in [-0.05, 0) is 54.2 Å². The van der Waals surface area contributed by atoms with Crippen molar-refractivity contribution in [2.45, 2.75) is 30.6 Å². The van der Waals surface area contributed by atoms with Crippen molar-refractivity contribution in [3.8, 4) is 0 Å². The van der Waals surface area contributed by atoms with Crippen LogP contribution in [-0.4, -0.2) is 63.4 Å². The van der Waals surface area contributed by atoms with Crippen LogP contribution >= 0.6 is 0 Å². The maximum absolute atomic E-state index is 13.3. The Kier molecular flexibility index (Phi) is 8.55. The molecule has 0 saturated carbocycles. The first kappa shape index (κ1) is 25.4. The van der Waals surface area contributed by atoms with Gasteiger partial charge in [-0.2, -0.15) is 4.31 Å². The maximum Gasteiger partial charge on any atom is 0.243 e. The molecule has 0 bridgehead atoms. The zero-order valence-electron chi connectivity index (χ0n) is 20.3. The largest absolute Gasteiger partial charge is 0.383 e. The number of piperidine rings is 1. The van der Waals surface area contributed by atoms with Gasteiger partial charge in [-0.1, -0.05) is 60.7 Å². The summed E-state index contributed by atoms with van der Waals surface area (Å²) in [5.41, 5.74) is 1.26. The number of rotatable bonds is 10. The molecule has 1 aliphatic rings. The number of carbonyl (C=O) groups is 1. The van der Waals surface area contributed by atoms with Gasteiger partial charge in [0, 0.05) is 39.2 Å². The van der Waals surface area contributed by atoms with E-state index in [0.29, 0.717) is 50.5 Å². The molecule has 1 amide bonds. The van der Waals surface area contributed by atoms with E-state index in [0.717, 1.165) is 23.6 Å². The molecule has 4 rings (SSSR count). The van der Waals surface area contributed by atoms with Crippen molar-refractivity contribution < 1.29 is 17.9 Å². The molecule has 3 aromatic carbocycles. The van der Waals surface area contributed by atoms with Gasteiger partial charge >= 0.3 is 0 Å². The molecule has 186 valence electrons. The van der Waals surface area contributed by atoms with Crippen molar-refractivity contribution in [1.82, 2.24) is 9.21 Å². The van der Waals surface area contributed by atoms with Crippen LogP contribution in [0.25, 0.3) is 10.8 Å². The second kappa shape index (κ2) is 11.8. The number of hydrogen-bond acceptors (Lipinski definition) is 4. The molecule has 0 radical (unpaired) electrons. The van der Waals surface area contributed by atoms with E-state index >= 15 is 0 Å². The first-order chi connectivity index (χ1) is 17.0. The number of benzene rings is 3. The Balaban J connectivity index is 1.36. The first-order valence-electron chi connectivity index (χ1n) is 12.3. The second-order valence-corrected chi connectivity index (χ2v) is 11.0. The number of carbonyl (C=O) groups excluding carboxylic acids is 1. The zero-order chi connectivity index (χ0) is 24.7. The minimum absolute atomic E-state index is 0.109. The predicted molar refractivity (Wildman–Crippen MR) is 139 cm³/mol. The van der Waals surface area contributed by atoms with Crippen LogP contribution in [-0.2, 0) is 26.0 Å². The lowest BCUT2D eigenvalue weighted by Gasteiger charge is -2.33. The third-order valence-electron chi connectivity index (χ3n) is 6.78. The minimum atomic E-state index is -3.59. The van der Waals surface area contributed by atoms with Crippen molar-refractivity contribution >= 4 is 26.7 Å². The Morgan fingerprint density at radius 1 is 0.943 bits per heavy atom. The van der Waals surface area contributed by atoms with Crippen LogP contribution in [0.1, 0.15) is 24.8 Å². The summed E-state index contributed by atoms with van der Waals surface area (Å²) < 4.78 is 33.3. The zero-order valence-corrected chi connectivity index (χ0v) is 21.1. The van der Waals surface area contributed by atoms with Crippen LogP contribution in [0, 0.1) is 5.92 Å².